The number of aryl methyl sites for hydroxylation is 1. The summed E-state index contributed by atoms with van der Waals surface area (Å²) in [5.74, 6) is 0. The number of unbranched alkanes of at least 4 members (excludes halogenated alkanes) is 3. The fourth-order valence-electron chi connectivity index (χ4n) is 1.57. The summed E-state index contributed by atoms with van der Waals surface area (Å²) in [6, 6.07) is 5.83. The van der Waals surface area contributed by atoms with E-state index in [1.807, 2.05) is 18.2 Å². The summed E-state index contributed by atoms with van der Waals surface area (Å²) in [4.78, 5) is 0. The minimum absolute atomic E-state index is 0.300. The smallest absolute Gasteiger partial charge is 0.0550 e. The standard InChI is InChI=1S/C12H20N2O/c13-11-7-6-10(9-12(11)14)5-3-1-2-4-8-15/h6-7,9,15H,1-5,8,13-14H2. The van der Waals surface area contributed by atoms with E-state index in [0.717, 1.165) is 32.1 Å². The van der Waals surface area contributed by atoms with E-state index in [-0.39, 0.29) is 0 Å². The number of benzene rings is 1. The highest BCUT2D eigenvalue weighted by Crippen LogP contribution is 2.17. The molecule has 0 aliphatic rings. The van der Waals surface area contributed by atoms with Crippen molar-refractivity contribution in [1.82, 2.24) is 0 Å². The maximum Gasteiger partial charge on any atom is 0.0550 e. The largest absolute Gasteiger partial charge is 0.397 e. The van der Waals surface area contributed by atoms with Crippen molar-refractivity contribution in [2.24, 2.45) is 0 Å². The Labute approximate surface area is 91.1 Å². The SMILES string of the molecule is Nc1ccc(CCCCCCO)cc1N. The lowest BCUT2D eigenvalue weighted by Gasteiger charge is -2.04. The third-order valence-corrected chi connectivity index (χ3v) is 2.52. The van der Waals surface area contributed by atoms with E-state index in [2.05, 4.69) is 0 Å². The molecule has 5 N–H and O–H groups in total. The Bertz CT molecular complexity index is 300. The van der Waals surface area contributed by atoms with Crippen molar-refractivity contribution in [2.45, 2.75) is 32.1 Å². The monoisotopic (exact) mass is 208 g/mol. The highest BCUT2D eigenvalue weighted by molar-refractivity contribution is 5.63. The van der Waals surface area contributed by atoms with Gasteiger partial charge >= 0.3 is 0 Å². The molecular weight excluding hydrogens is 188 g/mol. The van der Waals surface area contributed by atoms with Gasteiger partial charge in [-0.15, -0.1) is 0 Å². The summed E-state index contributed by atoms with van der Waals surface area (Å²) >= 11 is 0. The van der Waals surface area contributed by atoms with Crippen LogP contribution in [0, 0.1) is 0 Å². The zero-order valence-electron chi connectivity index (χ0n) is 9.08. The normalized spacial score (nSPS) is 10.5. The molecule has 0 bridgehead atoms. The molecule has 0 aliphatic heterocycles. The van der Waals surface area contributed by atoms with Gasteiger partial charge in [0.1, 0.15) is 0 Å². The fourth-order valence-corrected chi connectivity index (χ4v) is 1.57. The fraction of sp³-hybridized carbons (Fsp3) is 0.500. The van der Waals surface area contributed by atoms with Gasteiger partial charge < -0.3 is 16.6 Å². The van der Waals surface area contributed by atoms with Gasteiger partial charge in [0, 0.05) is 6.61 Å². The van der Waals surface area contributed by atoms with Gasteiger partial charge in [-0.25, -0.2) is 0 Å². The van der Waals surface area contributed by atoms with Crippen LogP contribution < -0.4 is 11.5 Å². The van der Waals surface area contributed by atoms with Crippen LogP contribution in [-0.4, -0.2) is 11.7 Å². The summed E-state index contributed by atoms with van der Waals surface area (Å²) in [6.45, 7) is 0.300. The second-order valence-corrected chi connectivity index (χ2v) is 3.85. The Hall–Kier alpha value is -1.22. The Balaban J connectivity index is 2.28. The van der Waals surface area contributed by atoms with Crippen molar-refractivity contribution in [3.8, 4) is 0 Å². The molecule has 0 fully saturated rings. The number of anilines is 2. The number of hydrogen-bond acceptors (Lipinski definition) is 3. The molecule has 0 unspecified atom stereocenters. The maximum atomic E-state index is 8.62. The Morgan fingerprint density at radius 1 is 0.933 bits per heavy atom. The van der Waals surface area contributed by atoms with Crippen molar-refractivity contribution in [3.05, 3.63) is 23.8 Å². The molecule has 0 amide bonds. The van der Waals surface area contributed by atoms with Gasteiger partial charge in [-0.2, -0.15) is 0 Å². The molecule has 0 aliphatic carbocycles. The highest BCUT2D eigenvalue weighted by atomic mass is 16.2. The van der Waals surface area contributed by atoms with E-state index in [4.69, 9.17) is 16.6 Å². The first-order valence-corrected chi connectivity index (χ1v) is 5.49. The average molecular weight is 208 g/mol. The van der Waals surface area contributed by atoms with Crippen LogP contribution in [0.2, 0.25) is 0 Å². The minimum atomic E-state index is 0.300. The summed E-state index contributed by atoms with van der Waals surface area (Å²) < 4.78 is 0. The molecule has 1 aromatic rings. The lowest BCUT2D eigenvalue weighted by atomic mass is 10.1. The van der Waals surface area contributed by atoms with Crippen LogP contribution in [0.25, 0.3) is 0 Å². The molecule has 0 saturated heterocycles. The Morgan fingerprint density at radius 3 is 2.33 bits per heavy atom. The van der Waals surface area contributed by atoms with E-state index < -0.39 is 0 Å². The Kier molecular flexibility index (Phi) is 4.98. The average Bonchev–Trinajstić information content (AvgIpc) is 2.23. The first-order valence-electron chi connectivity index (χ1n) is 5.49. The van der Waals surface area contributed by atoms with Gasteiger partial charge in [0.2, 0.25) is 0 Å². The van der Waals surface area contributed by atoms with Crippen molar-refractivity contribution in [3.63, 3.8) is 0 Å². The van der Waals surface area contributed by atoms with Crippen molar-refractivity contribution >= 4 is 11.4 Å². The molecule has 3 heteroatoms. The number of aliphatic hydroxyl groups is 1. The first-order chi connectivity index (χ1) is 7.24. The molecule has 0 saturated carbocycles. The second-order valence-electron chi connectivity index (χ2n) is 3.85. The molecule has 0 spiro atoms. The predicted octanol–water partition coefficient (Wildman–Crippen LogP) is 1.95. The van der Waals surface area contributed by atoms with E-state index in [9.17, 15) is 0 Å². The highest BCUT2D eigenvalue weighted by Gasteiger charge is 1.97. The van der Waals surface area contributed by atoms with E-state index >= 15 is 0 Å². The summed E-state index contributed by atoms with van der Waals surface area (Å²) in [5.41, 5.74) is 13.9. The van der Waals surface area contributed by atoms with Crippen molar-refractivity contribution in [2.75, 3.05) is 18.1 Å². The third-order valence-electron chi connectivity index (χ3n) is 2.52. The van der Waals surface area contributed by atoms with E-state index in [0.29, 0.717) is 18.0 Å². The van der Waals surface area contributed by atoms with Gasteiger partial charge in [-0.05, 0) is 37.0 Å². The number of aliphatic hydroxyl groups excluding tert-OH is 1. The quantitative estimate of drug-likeness (QED) is 0.494. The van der Waals surface area contributed by atoms with Crippen LogP contribution >= 0.6 is 0 Å². The number of hydrogen-bond donors (Lipinski definition) is 3. The second kappa shape index (κ2) is 6.30. The minimum Gasteiger partial charge on any atom is -0.397 e. The Morgan fingerprint density at radius 2 is 1.67 bits per heavy atom. The van der Waals surface area contributed by atoms with E-state index in [1.165, 1.54) is 5.56 Å². The summed E-state index contributed by atoms with van der Waals surface area (Å²) in [5, 5.41) is 8.62. The number of nitrogen functional groups attached to an aromatic ring is 2. The van der Waals surface area contributed by atoms with Gasteiger partial charge in [0.25, 0.3) is 0 Å². The van der Waals surface area contributed by atoms with Crippen molar-refractivity contribution in [1.29, 1.82) is 0 Å². The van der Waals surface area contributed by atoms with Gasteiger partial charge in [0.05, 0.1) is 11.4 Å². The molecule has 0 radical (unpaired) electrons. The molecule has 1 aromatic carbocycles. The molecule has 0 aromatic heterocycles. The lowest BCUT2D eigenvalue weighted by Crippen LogP contribution is -1.96. The zero-order chi connectivity index (χ0) is 11.1. The van der Waals surface area contributed by atoms with Crippen LogP contribution in [0.3, 0.4) is 0 Å². The zero-order valence-corrected chi connectivity index (χ0v) is 9.08. The van der Waals surface area contributed by atoms with E-state index in [1.54, 1.807) is 0 Å². The topological polar surface area (TPSA) is 72.3 Å². The van der Waals surface area contributed by atoms with Crippen LogP contribution in [0.1, 0.15) is 31.2 Å². The van der Waals surface area contributed by atoms with Gasteiger partial charge in [-0.3, -0.25) is 0 Å². The summed E-state index contributed by atoms with van der Waals surface area (Å²) in [7, 11) is 0. The van der Waals surface area contributed by atoms with Crippen molar-refractivity contribution < 1.29 is 5.11 Å². The van der Waals surface area contributed by atoms with Gasteiger partial charge in [0.15, 0.2) is 0 Å². The predicted molar refractivity (Wildman–Crippen MR) is 64.5 cm³/mol. The number of rotatable bonds is 6. The van der Waals surface area contributed by atoms with Gasteiger partial charge in [-0.1, -0.05) is 18.9 Å². The van der Waals surface area contributed by atoms with Crippen LogP contribution in [-0.2, 0) is 6.42 Å². The molecule has 3 nitrogen and oxygen atoms in total. The summed E-state index contributed by atoms with van der Waals surface area (Å²) in [6.07, 6.45) is 5.34. The lowest BCUT2D eigenvalue weighted by molar-refractivity contribution is 0.282. The number of nitrogens with two attached hydrogens (primary N) is 2. The molecule has 0 heterocycles. The van der Waals surface area contributed by atoms with Crippen LogP contribution in [0.15, 0.2) is 18.2 Å². The van der Waals surface area contributed by atoms with Crippen LogP contribution in [0.4, 0.5) is 11.4 Å². The first kappa shape index (κ1) is 11.9. The molecule has 0 atom stereocenters. The maximum absolute atomic E-state index is 8.62. The molecule has 84 valence electrons. The molecular formula is C12H20N2O. The molecule has 15 heavy (non-hydrogen) atoms. The third kappa shape index (κ3) is 4.21. The van der Waals surface area contributed by atoms with Crippen LogP contribution in [0.5, 0.6) is 0 Å². The molecule has 1 rings (SSSR count).